The maximum absolute atomic E-state index is 8.78. The van der Waals surface area contributed by atoms with E-state index in [1.54, 1.807) is 6.07 Å². The molecule has 0 aliphatic carbocycles. The second-order valence-corrected chi connectivity index (χ2v) is 3.82. The minimum atomic E-state index is 0.477. The molecule has 0 amide bonds. The highest BCUT2D eigenvalue weighted by Gasteiger charge is 2.05. The van der Waals surface area contributed by atoms with Gasteiger partial charge in [-0.05, 0) is 55.7 Å². The molecule has 1 heterocycles. The van der Waals surface area contributed by atoms with Crippen LogP contribution in [0.3, 0.4) is 0 Å². The number of pyridine rings is 1. The fourth-order valence-corrected chi connectivity index (χ4v) is 1.78. The maximum atomic E-state index is 8.78. The van der Waals surface area contributed by atoms with Gasteiger partial charge in [-0.15, -0.1) is 0 Å². The normalized spacial score (nSPS) is 10.3. The van der Waals surface area contributed by atoms with Crippen LogP contribution in [-0.2, 0) is 0 Å². The summed E-state index contributed by atoms with van der Waals surface area (Å²) >= 11 is 0. The number of hydrogen-bond acceptors (Lipinski definition) is 2. The predicted octanol–water partition coefficient (Wildman–Crippen LogP) is 3.03. The van der Waals surface area contributed by atoms with Crippen LogP contribution in [0.5, 0.6) is 0 Å². The highest BCUT2D eigenvalue weighted by Crippen LogP contribution is 2.23. The average molecular weight is 196 g/mol. The fourth-order valence-electron chi connectivity index (χ4n) is 1.78. The van der Waals surface area contributed by atoms with Crippen molar-refractivity contribution < 1.29 is 0 Å². The summed E-state index contributed by atoms with van der Waals surface area (Å²) in [5, 5.41) is 9.91. The van der Waals surface area contributed by atoms with Crippen LogP contribution in [0.25, 0.3) is 10.9 Å². The van der Waals surface area contributed by atoms with Gasteiger partial charge in [0.25, 0.3) is 0 Å². The average Bonchev–Trinajstić information content (AvgIpc) is 2.25. The van der Waals surface area contributed by atoms with E-state index in [1.165, 1.54) is 16.7 Å². The lowest BCUT2D eigenvalue weighted by molar-refractivity contribution is 1.26. The topological polar surface area (TPSA) is 36.7 Å². The molecule has 0 unspecified atom stereocenters. The van der Waals surface area contributed by atoms with Crippen molar-refractivity contribution in [2.75, 3.05) is 0 Å². The fraction of sp³-hybridized carbons (Fsp3) is 0.231. The van der Waals surface area contributed by atoms with Crippen molar-refractivity contribution in [3.63, 3.8) is 0 Å². The van der Waals surface area contributed by atoms with Gasteiger partial charge in [0, 0.05) is 5.39 Å². The molecule has 2 heteroatoms. The van der Waals surface area contributed by atoms with Crippen molar-refractivity contribution in [1.82, 2.24) is 4.98 Å². The Balaban J connectivity index is 2.87. The second-order valence-electron chi connectivity index (χ2n) is 3.82. The largest absolute Gasteiger partial charge is 0.237 e. The van der Waals surface area contributed by atoms with Gasteiger partial charge in [0.15, 0.2) is 0 Å². The Morgan fingerprint density at radius 3 is 2.53 bits per heavy atom. The molecule has 0 radical (unpaired) electrons. The molecular weight excluding hydrogens is 184 g/mol. The molecule has 0 fully saturated rings. The second kappa shape index (κ2) is 3.36. The molecule has 2 aromatic rings. The molecule has 0 aliphatic heterocycles. The minimum absolute atomic E-state index is 0.477. The van der Waals surface area contributed by atoms with Crippen LogP contribution in [0.1, 0.15) is 22.4 Å². The van der Waals surface area contributed by atoms with Gasteiger partial charge >= 0.3 is 0 Å². The Bertz CT molecular complexity index is 577. The van der Waals surface area contributed by atoms with Crippen molar-refractivity contribution in [3.8, 4) is 6.07 Å². The van der Waals surface area contributed by atoms with Gasteiger partial charge < -0.3 is 0 Å². The first-order valence-corrected chi connectivity index (χ1v) is 4.91. The first-order valence-electron chi connectivity index (χ1n) is 4.91. The zero-order valence-corrected chi connectivity index (χ0v) is 9.13. The van der Waals surface area contributed by atoms with E-state index >= 15 is 0 Å². The molecule has 0 bridgehead atoms. The standard InChI is InChI=1S/C13H12N2/c1-8-6-13-12(10(3)9(8)2)5-4-11(7-14)15-13/h4-6H,1-3H3. The van der Waals surface area contributed by atoms with Crippen molar-refractivity contribution in [3.05, 3.63) is 40.6 Å². The number of hydrogen-bond donors (Lipinski definition) is 0. The smallest absolute Gasteiger partial charge is 0.141 e. The van der Waals surface area contributed by atoms with E-state index in [4.69, 9.17) is 5.26 Å². The van der Waals surface area contributed by atoms with Gasteiger partial charge in [0.2, 0.25) is 0 Å². The van der Waals surface area contributed by atoms with Crippen LogP contribution in [-0.4, -0.2) is 4.98 Å². The molecule has 0 spiro atoms. The minimum Gasteiger partial charge on any atom is -0.237 e. The molecule has 1 aromatic heterocycles. The van der Waals surface area contributed by atoms with Crippen molar-refractivity contribution in [2.45, 2.75) is 20.8 Å². The zero-order valence-electron chi connectivity index (χ0n) is 9.13. The number of nitriles is 1. The molecule has 1 aromatic carbocycles. The lowest BCUT2D eigenvalue weighted by atomic mass is 9.99. The summed E-state index contributed by atoms with van der Waals surface area (Å²) in [4.78, 5) is 4.30. The van der Waals surface area contributed by atoms with Crippen LogP contribution in [0.15, 0.2) is 18.2 Å². The lowest BCUT2D eigenvalue weighted by Gasteiger charge is -2.08. The van der Waals surface area contributed by atoms with Gasteiger partial charge in [-0.3, -0.25) is 0 Å². The van der Waals surface area contributed by atoms with Crippen molar-refractivity contribution in [2.24, 2.45) is 0 Å². The quantitative estimate of drug-likeness (QED) is 0.649. The summed E-state index contributed by atoms with van der Waals surface area (Å²) in [5.41, 5.74) is 5.17. The van der Waals surface area contributed by atoms with Crippen LogP contribution in [0, 0.1) is 32.1 Å². The number of nitrogens with zero attached hydrogens (tertiary/aromatic N) is 2. The van der Waals surface area contributed by atoms with E-state index in [1.807, 2.05) is 12.1 Å². The molecular formula is C13H12N2. The van der Waals surface area contributed by atoms with E-state index in [2.05, 4.69) is 31.8 Å². The van der Waals surface area contributed by atoms with Gasteiger partial charge in [-0.25, -0.2) is 4.98 Å². The molecule has 74 valence electrons. The third-order valence-electron chi connectivity index (χ3n) is 2.95. The highest BCUT2D eigenvalue weighted by atomic mass is 14.7. The summed E-state index contributed by atoms with van der Waals surface area (Å²) in [6.45, 7) is 6.28. The first kappa shape index (κ1) is 9.67. The summed E-state index contributed by atoms with van der Waals surface area (Å²) < 4.78 is 0. The Morgan fingerprint density at radius 2 is 1.87 bits per heavy atom. The molecule has 0 saturated carbocycles. The van der Waals surface area contributed by atoms with Crippen LogP contribution in [0.2, 0.25) is 0 Å². The molecule has 0 N–H and O–H groups in total. The van der Waals surface area contributed by atoms with Gasteiger partial charge in [0.05, 0.1) is 5.52 Å². The number of aromatic nitrogens is 1. The molecule has 15 heavy (non-hydrogen) atoms. The number of benzene rings is 1. The van der Waals surface area contributed by atoms with Crippen molar-refractivity contribution in [1.29, 1.82) is 5.26 Å². The predicted molar refractivity (Wildman–Crippen MR) is 60.7 cm³/mol. The number of fused-ring (bicyclic) bond motifs is 1. The number of aryl methyl sites for hydroxylation is 2. The SMILES string of the molecule is Cc1cc2nc(C#N)ccc2c(C)c1C. The van der Waals surface area contributed by atoms with Crippen molar-refractivity contribution >= 4 is 10.9 Å². The number of rotatable bonds is 0. The van der Waals surface area contributed by atoms with E-state index in [-0.39, 0.29) is 0 Å². The molecule has 0 atom stereocenters. The summed E-state index contributed by atoms with van der Waals surface area (Å²) in [5.74, 6) is 0. The third kappa shape index (κ3) is 1.46. The first-order chi connectivity index (χ1) is 7.13. The van der Waals surface area contributed by atoms with Gasteiger partial charge in [-0.1, -0.05) is 0 Å². The van der Waals surface area contributed by atoms with Crippen LogP contribution in [0.4, 0.5) is 0 Å². The Hall–Kier alpha value is -1.88. The Kier molecular flexibility index (Phi) is 2.17. The van der Waals surface area contributed by atoms with Crippen LogP contribution >= 0.6 is 0 Å². The van der Waals surface area contributed by atoms with E-state index in [0.717, 1.165) is 10.9 Å². The maximum Gasteiger partial charge on any atom is 0.141 e. The van der Waals surface area contributed by atoms with Gasteiger partial charge in [0.1, 0.15) is 11.8 Å². The molecule has 0 saturated heterocycles. The summed E-state index contributed by atoms with van der Waals surface area (Å²) in [6.07, 6.45) is 0. The Labute approximate surface area is 89.2 Å². The lowest BCUT2D eigenvalue weighted by Crippen LogP contribution is -1.92. The third-order valence-corrected chi connectivity index (χ3v) is 2.95. The van der Waals surface area contributed by atoms with Crippen LogP contribution < -0.4 is 0 Å². The molecule has 2 nitrogen and oxygen atoms in total. The van der Waals surface area contributed by atoms with E-state index in [9.17, 15) is 0 Å². The summed E-state index contributed by atoms with van der Waals surface area (Å²) in [6, 6.07) is 7.84. The zero-order chi connectivity index (χ0) is 11.0. The highest BCUT2D eigenvalue weighted by molar-refractivity contribution is 5.84. The van der Waals surface area contributed by atoms with E-state index in [0.29, 0.717) is 5.69 Å². The Morgan fingerprint density at radius 1 is 1.13 bits per heavy atom. The van der Waals surface area contributed by atoms with Gasteiger partial charge in [-0.2, -0.15) is 5.26 Å². The molecule has 2 rings (SSSR count). The summed E-state index contributed by atoms with van der Waals surface area (Å²) in [7, 11) is 0. The van der Waals surface area contributed by atoms with E-state index < -0.39 is 0 Å². The monoisotopic (exact) mass is 196 g/mol. The molecule has 0 aliphatic rings.